The minimum absolute atomic E-state index is 0.414. The molecule has 0 spiro atoms. The Balaban J connectivity index is 1.96. The van der Waals surface area contributed by atoms with E-state index in [0.29, 0.717) is 5.75 Å². The summed E-state index contributed by atoms with van der Waals surface area (Å²) in [5, 5.41) is 10.1. The Hall–Kier alpha value is -0.340. The highest BCUT2D eigenvalue weighted by molar-refractivity contribution is 14.1. The molecule has 0 saturated carbocycles. The summed E-state index contributed by atoms with van der Waals surface area (Å²) in [5.74, 6) is 0.414. The van der Waals surface area contributed by atoms with E-state index >= 15 is 0 Å². The average molecular weight is 493 g/mol. The lowest BCUT2D eigenvalue weighted by Gasteiger charge is -2.18. The van der Waals surface area contributed by atoms with E-state index < -0.39 is 0 Å². The molecular weight excluding hydrogens is 476 g/mol. The van der Waals surface area contributed by atoms with Crippen LogP contribution in [-0.2, 0) is 13.0 Å². The number of hydrogen-bond donors (Lipinski definition) is 1. The Labute approximate surface area is 147 Å². The molecule has 0 radical (unpaired) electrons. The maximum Gasteiger partial charge on any atom is 0.133 e. The van der Waals surface area contributed by atoms with Crippen molar-refractivity contribution in [2.24, 2.45) is 0 Å². The molecule has 0 amide bonds. The summed E-state index contributed by atoms with van der Waals surface area (Å²) in [4.78, 5) is 2.24. The van der Waals surface area contributed by atoms with Crippen LogP contribution in [0.15, 0.2) is 42.5 Å². The van der Waals surface area contributed by atoms with Gasteiger partial charge in [0.15, 0.2) is 0 Å². The van der Waals surface area contributed by atoms with E-state index in [-0.39, 0.29) is 0 Å². The Bertz CT molecular complexity index is 572. The van der Waals surface area contributed by atoms with E-state index in [1.54, 1.807) is 0 Å². The van der Waals surface area contributed by atoms with E-state index in [9.17, 15) is 5.11 Å². The van der Waals surface area contributed by atoms with E-state index in [1.165, 1.54) is 5.56 Å². The van der Waals surface area contributed by atoms with Crippen LogP contribution < -0.4 is 0 Å². The zero-order valence-corrected chi connectivity index (χ0v) is 15.6. The molecule has 4 heteroatoms. The summed E-state index contributed by atoms with van der Waals surface area (Å²) in [5.41, 5.74) is 2.35. The molecule has 2 aromatic carbocycles. The SMILES string of the molecule is CN(CCc1ccccc1)Cc1cc(I)cc(I)c1O. The monoisotopic (exact) mass is 493 g/mol. The normalized spacial score (nSPS) is 11.0. The topological polar surface area (TPSA) is 23.5 Å². The average Bonchev–Trinajstić information content (AvgIpc) is 2.43. The third-order valence-electron chi connectivity index (χ3n) is 3.17. The second-order valence-corrected chi connectivity index (χ2v) is 7.28. The minimum Gasteiger partial charge on any atom is -0.507 e. The second kappa shape index (κ2) is 7.61. The molecule has 0 heterocycles. The molecule has 0 aliphatic rings. The quantitative estimate of drug-likeness (QED) is 0.630. The third-order valence-corrected chi connectivity index (χ3v) is 4.62. The van der Waals surface area contributed by atoms with Gasteiger partial charge in [-0.05, 0) is 76.3 Å². The first-order chi connectivity index (χ1) is 9.56. The molecule has 0 aromatic heterocycles. The van der Waals surface area contributed by atoms with E-state index in [4.69, 9.17) is 0 Å². The van der Waals surface area contributed by atoms with Gasteiger partial charge in [0.1, 0.15) is 5.75 Å². The van der Waals surface area contributed by atoms with Crippen LogP contribution in [0.1, 0.15) is 11.1 Å². The van der Waals surface area contributed by atoms with Gasteiger partial charge in [0.2, 0.25) is 0 Å². The van der Waals surface area contributed by atoms with Gasteiger partial charge < -0.3 is 10.0 Å². The van der Waals surface area contributed by atoms with Crippen molar-refractivity contribution in [3.63, 3.8) is 0 Å². The van der Waals surface area contributed by atoms with Crippen molar-refractivity contribution in [1.29, 1.82) is 0 Å². The van der Waals surface area contributed by atoms with Crippen LogP contribution in [0.5, 0.6) is 5.75 Å². The van der Waals surface area contributed by atoms with Gasteiger partial charge >= 0.3 is 0 Å². The van der Waals surface area contributed by atoms with Gasteiger partial charge in [-0.2, -0.15) is 0 Å². The molecular formula is C16H17I2NO. The Morgan fingerprint density at radius 2 is 1.80 bits per heavy atom. The lowest BCUT2D eigenvalue weighted by molar-refractivity contribution is 0.323. The van der Waals surface area contributed by atoms with Gasteiger partial charge in [0.25, 0.3) is 0 Å². The van der Waals surface area contributed by atoms with Crippen LogP contribution in [0, 0.1) is 7.14 Å². The predicted octanol–water partition coefficient (Wildman–Crippen LogP) is 4.28. The van der Waals surface area contributed by atoms with Crippen LogP contribution in [-0.4, -0.2) is 23.6 Å². The fraction of sp³-hybridized carbons (Fsp3) is 0.250. The molecule has 0 unspecified atom stereocenters. The van der Waals surface area contributed by atoms with Gasteiger partial charge in [-0.25, -0.2) is 0 Å². The van der Waals surface area contributed by atoms with Gasteiger partial charge in [0, 0.05) is 22.2 Å². The molecule has 106 valence electrons. The van der Waals surface area contributed by atoms with Crippen molar-refractivity contribution in [3.05, 3.63) is 60.7 Å². The molecule has 2 rings (SSSR count). The van der Waals surface area contributed by atoms with Crippen LogP contribution in [0.3, 0.4) is 0 Å². The smallest absolute Gasteiger partial charge is 0.133 e. The minimum atomic E-state index is 0.414. The highest BCUT2D eigenvalue weighted by Gasteiger charge is 2.09. The molecule has 0 aliphatic heterocycles. The summed E-state index contributed by atoms with van der Waals surface area (Å²) in [6.45, 7) is 1.75. The van der Waals surface area contributed by atoms with E-state index in [2.05, 4.69) is 87.5 Å². The summed E-state index contributed by atoms with van der Waals surface area (Å²) in [6, 6.07) is 14.5. The molecule has 0 saturated heterocycles. The first-order valence-electron chi connectivity index (χ1n) is 6.45. The molecule has 1 N–H and O–H groups in total. The number of rotatable bonds is 5. The third kappa shape index (κ3) is 4.60. The van der Waals surface area contributed by atoms with Crippen molar-refractivity contribution in [1.82, 2.24) is 4.90 Å². The van der Waals surface area contributed by atoms with Gasteiger partial charge in [-0.1, -0.05) is 30.3 Å². The number of phenolic OH excluding ortho intramolecular Hbond substituents is 1. The van der Waals surface area contributed by atoms with Gasteiger partial charge in [-0.3, -0.25) is 0 Å². The number of aromatic hydroxyl groups is 1. The Kier molecular flexibility index (Phi) is 6.10. The first kappa shape index (κ1) is 16.0. The number of hydrogen-bond acceptors (Lipinski definition) is 2. The zero-order chi connectivity index (χ0) is 14.5. The fourth-order valence-electron chi connectivity index (χ4n) is 2.07. The van der Waals surface area contributed by atoms with Gasteiger partial charge in [-0.15, -0.1) is 0 Å². The van der Waals surface area contributed by atoms with Crippen LogP contribution >= 0.6 is 45.2 Å². The molecule has 0 bridgehead atoms. The Morgan fingerprint density at radius 1 is 1.10 bits per heavy atom. The standard InChI is InChI=1S/C16H17I2NO/c1-19(8-7-12-5-3-2-4-6-12)11-13-9-14(17)10-15(18)16(13)20/h2-6,9-10,20H,7-8,11H2,1H3. The molecule has 2 aromatic rings. The van der Waals surface area contributed by atoms with Crippen molar-refractivity contribution in [2.75, 3.05) is 13.6 Å². The molecule has 0 atom stereocenters. The molecule has 0 fully saturated rings. The van der Waals surface area contributed by atoms with E-state index in [0.717, 1.165) is 32.2 Å². The zero-order valence-electron chi connectivity index (χ0n) is 11.3. The van der Waals surface area contributed by atoms with Gasteiger partial charge in [0.05, 0.1) is 3.57 Å². The lowest BCUT2D eigenvalue weighted by atomic mass is 10.1. The summed E-state index contributed by atoms with van der Waals surface area (Å²) in [6.07, 6.45) is 1.03. The molecule has 20 heavy (non-hydrogen) atoms. The van der Waals surface area contributed by atoms with Crippen LogP contribution in [0.25, 0.3) is 0 Å². The maximum atomic E-state index is 10.1. The van der Waals surface area contributed by atoms with Crippen molar-refractivity contribution >= 4 is 45.2 Å². The Morgan fingerprint density at radius 3 is 2.50 bits per heavy atom. The van der Waals surface area contributed by atoms with Crippen LogP contribution in [0.2, 0.25) is 0 Å². The highest BCUT2D eigenvalue weighted by atomic mass is 127. The summed E-state index contributed by atoms with van der Waals surface area (Å²) < 4.78 is 2.08. The number of phenols is 1. The highest BCUT2D eigenvalue weighted by Crippen LogP contribution is 2.27. The predicted molar refractivity (Wildman–Crippen MR) is 100 cm³/mol. The largest absolute Gasteiger partial charge is 0.507 e. The fourth-order valence-corrected chi connectivity index (χ4v) is 4.04. The molecule has 0 aliphatic carbocycles. The second-order valence-electron chi connectivity index (χ2n) is 4.87. The van der Waals surface area contributed by atoms with Crippen molar-refractivity contribution in [2.45, 2.75) is 13.0 Å². The van der Waals surface area contributed by atoms with Crippen molar-refractivity contribution < 1.29 is 5.11 Å². The lowest BCUT2D eigenvalue weighted by Crippen LogP contribution is -2.21. The number of likely N-dealkylation sites (N-methyl/N-ethyl adjacent to an activating group) is 1. The molecule has 2 nitrogen and oxygen atoms in total. The van der Waals surface area contributed by atoms with Crippen LogP contribution in [0.4, 0.5) is 0 Å². The number of halogens is 2. The summed E-state index contributed by atoms with van der Waals surface area (Å²) >= 11 is 4.47. The number of benzene rings is 2. The number of nitrogens with zero attached hydrogens (tertiary/aromatic N) is 1. The first-order valence-corrected chi connectivity index (χ1v) is 8.61. The van der Waals surface area contributed by atoms with Crippen molar-refractivity contribution in [3.8, 4) is 5.75 Å². The van der Waals surface area contributed by atoms with E-state index in [1.807, 2.05) is 12.1 Å². The maximum absolute atomic E-state index is 10.1. The summed E-state index contributed by atoms with van der Waals surface area (Å²) in [7, 11) is 2.09.